The molecule has 3 rings (SSSR count). The molecular weight excluding hydrogens is 302 g/mol. The minimum Gasteiger partial charge on any atom is -0.393 e. The number of rotatable bonds is 4. The third kappa shape index (κ3) is 3.61. The fraction of sp³-hybridized carbons (Fsp3) is 0.316. The monoisotopic (exact) mass is 321 g/mol. The lowest BCUT2D eigenvalue weighted by Gasteiger charge is -2.27. The van der Waals surface area contributed by atoms with Gasteiger partial charge in [0.2, 0.25) is 0 Å². The summed E-state index contributed by atoms with van der Waals surface area (Å²) >= 11 is 0. The number of aliphatic hydroxyl groups excluding tert-OH is 1. The normalized spacial score (nSPS) is 20.2. The summed E-state index contributed by atoms with van der Waals surface area (Å²) in [7, 11) is 0. The fourth-order valence-corrected chi connectivity index (χ4v) is 3.10. The summed E-state index contributed by atoms with van der Waals surface area (Å²) in [6, 6.07) is 15.2. The zero-order valence-electron chi connectivity index (χ0n) is 13.3. The van der Waals surface area contributed by atoms with Gasteiger partial charge in [0.1, 0.15) is 11.8 Å². The molecule has 5 nitrogen and oxygen atoms in total. The van der Waals surface area contributed by atoms with E-state index in [2.05, 4.69) is 16.6 Å². The van der Waals surface area contributed by atoms with Gasteiger partial charge in [-0.3, -0.25) is 0 Å². The molecule has 0 atom stereocenters. The van der Waals surface area contributed by atoms with E-state index in [4.69, 9.17) is 0 Å². The third-order valence-corrected chi connectivity index (χ3v) is 4.50. The van der Waals surface area contributed by atoms with Crippen molar-refractivity contribution >= 4 is 11.4 Å². The molecule has 0 aliphatic heterocycles. The van der Waals surface area contributed by atoms with Gasteiger partial charge in [0.15, 0.2) is 0 Å². The fourth-order valence-electron chi connectivity index (χ4n) is 3.10. The largest absolute Gasteiger partial charge is 0.393 e. The Balaban J connectivity index is 1.84. The molecule has 1 aliphatic carbocycles. The summed E-state index contributed by atoms with van der Waals surface area (Å²) in [5.41, 5.74) is 3.76. The van der Waals surface area contributed by atoms with E-state index in [1.807, 2.05) is 24.3 Å². The summed E-state index contributed by atoms with van der Waals surface area (Å²) in [5.74, 6) is 0. The molecule has 0 amide bonds. The standard InChI is InChI=1S/C19H19N3O2/c20-12-15-2-1-14(13-3-5-17(22-24)6-4-13)11-19(15)21-16-7-9-18(23)10-8-16/h1-6,11,16,18,21,23H,7-10H2. The molecule has 2 N–H and O–H groups in total. The summed E-state index contributed by atoms with van der Waals surface area (Å²) in [6.07, 6.45) is 3.18. The van der Waals surface area contributed by atoms with Gasteiger partial charge in [0.05, 0.1) is 17.4 Å². The van der Waals surface area contributed by atoms with Crippen molar-refractivity contribution in [1.82, 2.24) is 0 Å². The first-order valence-corrected chi connectivity index (χ1v) is 8.12. The second-order valence-electron chi connectivity index (χ2n) is 6.16. The molecule has 24 heavy (non-hydrogen) atoms. The molecular formula is C19H19N3O2. The number of benzene rings is 2. The lowest BCUT2D eigenvalue weighted by Crippen LogP contribution is -2.28. The Bertz CT molecular complexity index is 757. The topological polar surface area (TPSA) is 85.5 Å². The minimum atomic E-state index is -0.199. The van der Waals surface area contributed by atoms with Crippen molar-refractivity contribution in [1.29, 1.82) is 5.26 Å². The van der Waals surface area contributed by atoms with E-state index < -0.39 is 0 Å². The number of hydrogen-bond donors (Lipinski definition) is 2. The number of nitriles is 1. The molecule has 0 bridgehead atoms. The Hall–Kier alpha value is -2.71. The number of nitroso groups, excluding NO2 is 1. The molecule has 2 aromatic carbocycles. The molecule has 0 unspecified atom stereocenters. The lowest BCUT2D eigenvalue weighted by atomic mass is 9.92. The van der Waals surface area contributed by atoms with Crippen molar-refractivity contribution in [3.63, 3.8) is 0 Å². The molecule has 122 valence electrons. The first-order valence-electron chi connectivity index (χ1n) is 8.12. The van der Waals surface area contributed by atoms with Crippen LogP contribution in [0.3, 0.4) is 0 Å². The van der Waals surface area contributed by atoms with Crippen molar-refractivity contribution in [2.24, 2.45) is 5.18 Å². The molecule has 0 heterocycles. The van der Waals surface area contributed by atoms with E-state index >= 15 is 0 Å². The number of hydrogen-bond acceptors (Lipinski definition) is 5. The van der Waals surface area contributed by atoms with Gasteiger partial charge in [-0.15, -0.1) is 4.91 Å². The molecule has 0 aromatic heterocycles. The van der Waals surface area contributed by atoms with Gasteiger partial charge in [0, 0.05) is 6.04 Å². The Labute approximate surface area is 140 Å². The van der Waals surface area contributed by atoms with Crippen LogP contribution in [-0.4, -0.2) is 17.3 Å². The highest BCUT2D eigenvalue weighted by molar-refractivity contribution is 5.73. The molecule has 0 radical (unpaired) electrons. The van der Waals surface area contributed by atoms with Crippen LogP contribution < -0.4 is 5.32 Å². The van der Waals surface area contributed by atoms with Crippen molar-refractivity contribution < 1.29 is 5.11 Å². The van der Waals surface area contributed by atoms with E-state index in [0.717, 1.165) is 42.5 Å². The highest BCUT2D eigenvalue weighted by Crippen LogP contribution is 2.29. The van der Waals surface area contributed by atoms with Crippen LogP contribution in [0.2, 0.25) is 0 Å². The highest BCUT2D eigenvalue weighted by Gasteiger charge is 2.20. The smallest absolute Gasteiger partial charge is 0.108 e. The Morgan fingerprint density at radius 3 is 2.33 bits per heavy atom. The summed E-state index contributed by atoms with van der Waals surface area (Å²) in [6.45, 7) is 0. The third-order valence-electron chi connectivity index (χ3n) is 4.50. The van der Waals surface area contributed by atoms with Crippen LogP contribution in [0, 0.1) is 16.2 Å². The first kappa shape index (κ1) is 16.2. The van der Waals surface area contributed by atoms with Crippen LogP contribution in [0.4, 0.5) is 11.4 Å². The average molecular weight is 321 g/mol. The molecule has 0 saturated heterocycles. The van der Waals surface area contributed by atoms with Gasteiger partial charge in [-0.2, -0.15) is 5.26 Å². The van der Waals surface area contributed by atoms with Crippen LogP contribution in [0.15, 0.2) is 47.6 Å². The molecule has 0 spiro atoms. The van der Waals surface area contributed by atoms with Gasteiger partial charge in [-0.1, -0.05) is 18.2 Å². The number of nitrogens with one attached hydrogen (secondary N) is 1. The molecule has 2 aromatic rings. The Morgan fingerprint density at radius 1 is 1.04 bits per heavy atom. The second kappa shape index (κ2) is 7.24. The zero-order valence-corrected chi connectivity index (χ0v) is 13.3. The second-order valence-corrected chi connectivity index (χ2v) is 6.16. The predicted molar refractivity (Wildman–Crippen MR) is 93.9 cm³/mol. The van der Waals surface area contributed by atoms with Gasteiger partial charge < -0.3 is 10.4 Å². The van der Waals surface area contributed by atoms with Gasteiger partial charge in [-0.05, 0) is 66.3 Å². The summed E-state index contributed by atoms with van der Waals surface area (Å²) < 4.78 is 0. The van der Waals surface area contributed by atoms with Crippen LogP contribution >= 0.6 is 0 Å². The van der Waals surface area contributed by atoms with Crippen LogP contribution in [0.25, 0.3) is 11.1 Å². The zero-order chi connectivity index (χ0) is 16.9. The van der Waals surface area contributed by atoms with Gasteiger partial charge >= 0.3 is 0 Å². The Morgan fingerprint density at radius 2 is 1.71 bits per heavy atom. The first-order chi connectivity index (χ1) is 11.7. The number of nitrogens with zero attached hydrogens (tertiary/aromatic N) is 2. The quantitative estimate of drug-likeness (QED) is 0.820. The van der Waals surface area contributed by atoms with Crippen LogP contribution in [-0.2, 0) is 0 Å². The van der Waals surface area contributed by atoms with Gasteiger partial charge in [-0.25, -0.2) is 0 Å². The number of aliphatic hydroxyl groups is 1. The van der Waals surface area contributed by atoms with Crippen molar-refractivity contribution in [3.05, 3.63) is 52.9 Å². The molecule has 1 saturated carbocycles. The van der Waals surface area contributed by atoms with E-state index in [1.54, 1.807) is 18.2 Å². The summed E-state index contributed by atoms with van der Waals surface area (Å²) in [5, 5.41) is 25.3. The molecule has 1 aliphatic rings. The van der Waals surface area contributed by atoms with Crippen molar-refractivity contribution in [2.75, 3.05) is 5.32 Å². The highest BCUT2D eigenvalue weighted by atomic mass is 16.3. The van der Waals surface area contributed by atoms with E-state index in [0.29, 0.717) is 11.3 Å². The van der Waals surface area contributed by atoms with E-state index in [9.17, 15) is 15.3 Å². The maximum atomic E-state index is 10.5. The maximum Gasteiger partial charge on any atom is 0.108 e. The maximum absolute atomic E-state index is 10.5. The summed E-state index contributed by atoms with van der Waals surface area (Å²) in [4.78, 5) is 10.5. The van der Waals surface area contributed by atoms with Gasteiger partial charge in [0.25, 0.3) is 0 Å². The molecule has 1 fully saturated rings. The van der Waals surface area contributed by atoms with E-state index in [-0.39, 0.29) is 12.1 Å². The van der Waals surface area contributed by atoms with Crippen molar-refractivity contribution in [2.45, 2.75) is 37.8 Å². The predicted octanol–water partition coefficient (Wildman–Crippen LogP) is 4.34. The number of anilines is 1. The lowest BCUT2D eigenvalue weighted by molar-refractivity contribution is 0.126. The van der Waals surface area contributed by atoms with Crippen LogP contribution in [0.1, 0.15) is 31.2 Å². The van der Waals surface area contributed by atoms with E-state index in [1.165, 1.54) is 0 Å². The van der Waals surface area contributed by atoms with Crippen molar-refractivity contribution in [3.8, 4) is 17.2 Å². The average Bonchev–Trinajstić information content (AvgIpc) is 2.63. The Kier molecular flexibility index (Phi) is 4.88. The molecule has 5 heteroatoms. The minimum absolute atomic E-state index is 0.199. The van der Waals surface area contributed by atoms with Crippen LogP contribution in [0.5, 0.6) is 0 Å². The SMILES string of the molecule is N#Cc1ccc(-c2ccc(N=O)cc2)cc1NC1CCC(O)CC1.